The average molecular weight is 421 g/mol. The minimum Gasteiger partial charge on any atom is -0.508 e. The molecule has 1 aliphatic heterocycles. The Bertz CT molecular complexity index is 963. The van der Waals surface area contributed by atoms with Gasteiger partial charge in [0.25, 0.3) is 0 Å². The first-order chi connectivity index (χ1) is 15.1. The van der Waals surface area contributed by atoms with Crippen LogP contribution in [0.5, 0.6) is 5.75 Å². The van der Waals surface area contributed by atoms with E-state index in [9.17, 15) is 5.11 Å². The van der Waals surface area contributed by atoms with E-state index in [4.69, 9.17) is 0 Å². The van der Waals surface area contributed by atoms with Gasteiger partial charge in [-0.2, -0.15) is 0 Å². The van der Waals surface area contributed by atoms with Crippen molar-refractivity contribution in [1.82, 2.24) is 19.7 Å². The van der Waals surface area contributed by atoms with Crippen molar-refractivity contribution in [3.63, 3.8) is 0 Å². The Morgan fingerprint density at radius 1 is 0.968 bits per heavy atom. The molecule has 1 fully saturated rings. The average Bonchev–Trinajstić information content (AvgIpc) is 3.16. The van der Waals surface area contributed by atoms with E-state index in [1.54, 1.807) is 6.07 Å². The Morgan fingerprint density at radius 3 is 2.42 bits per heavy atom. The number of anilines is 2. The first-order valence-corrected chi connectivity index (χ1v) is 11.2. The van der Waals surface area contributed by atoms with Crippen LogP contribution in [0.4, 0.5) is 11.6 Å². The van der Waals surface area contributed by atoms with Gasteiger partial charge in [0.2, 0.25) is 5.95 Å². The molecule has 0 bridgehead atoms. The predicted molar refractivity (Wildman–Crippen MR) is 124 cm³/mol. The fourth-order valence-corrected chi connectivity index (χ4v) is 4.11. The van der Waals surface area contributed by atoms with Gasteiger partial charge in [-0.15, -0.1) is 10.2 Å². The van der Waals surface area contributed by atoms with E-state index >= 15 is 0 Å². The van der Waals surface area contributed by atoms with Crippen molar-refractivity contribution >= 4 is 11.6 Å². The molecule has 0 unspecified atom stereocenters. The van der Waals surface area contributed by atoms with Crippen LogP contribution >= 0.6 is 0 Å². The van der Waals surface area contributed by atoms with Gasteiger partial charge >= 0.3 is 0 Å². The van der Waals surface area contributed by atoms with Crippen molar-refractivity contribution < 1.29 is 5.11 Å². The number of hydrogen-bond donors (Lipinski definition) is 1. The maximum absolute atomic E-state index is 9.79. The summed E-state index contributed by atoms with van der Waals surface area (Å²) in [6.07, 6.45) is 6.74. The van der Waals surface area contributed by atoms with Crippen LogP contribution in [-0.2, 0) is 13.0 Å². The van der Waals surface area contributed by atoms with Crippen LogP contribution in [-0.4, -0.2) is 51.0 Å². The third-order valence-corrected chi connectivity index (χ3v) is 5.84. The molecule has 3 aromatic rings. The Hall–Kier alpha value is -3.09. The lowest BCUT2D eigenvalue weighted by Crippen LogP contribution is -2.47. The highest BCUT2D eigenvalue weighted by molar-refractivity contribution is 5.52. The number of aromatic nitrogens is 4. The first kappa shape index (κ1) is 21.2. The summed E-state index contributed by atoms with van der Waals surface area (Å²) < 4.78 is 2.31. The molecule has 1 aromatic carbocycles. The zero-order valence-electron chi connectivity index (χ0n) is 18.5. The van der Waals surface area contributed by atoms with E-state index < -0.39 is 0 Å². The molecule has 1 aliphatic rings. The lowest BCUT2D eigenvalue weighted by Gasteiger charge is -2.36. The SMILES string of the molecule is CC(C)CCCn1c(Cc2ccncc2)nnc1N1CCN(c2cccc(O)c2)CC1. The van der Waals surface area contributed by atoms with E-state index in [1.165, 1.54) is 12.0 Å². The number of rotatable bonds is 8. The van der Waals surface area contributed by atoms with Gasteiger partial charge in [-0.25, -0.2) is 0 Å². The van der Waals surface area contributed by atoms with Gasteiger partial charge in [-0.3, -0.25) is 9.55 Å². The molecule has 4 rings (SSSR count). The minimum absolute atomic E-state index is 0.311. The molecule has 2 aromatic heterocycles. The maximum atomic E-state index is 9.79. The van der Waals surface area contributed by atoms with Crippen LogP contribution in [0.25, 0.3) is 0 Å². The standard InChI is InChI=1S/C24H32N6O/c1-19(2)5-4-12-30-23(17-20-8-10-25-11-9-20)26-27-24(30)29-15-13-28(14-16-29)21-6-3-7-22(31)18-21/h3,6-11,18-19,31H,4-5,12-17H2,1-2H3. The molecule has 0 atom stereocenters. The van der Waals surface area contributed by atoms with Crippen LogP contribution in [0.3, 0.4) is 0 Å². The summed E-state index contributed by atoms with van der Waals surface area (Å²) in [5.41, 5.74) is 2.27. The maximum Gasteiger partial charge on any atom is 0.227 e. The van der Waals surface area contributed by atoms with Gasteiger partial charge in [0.05, 0.1) is 0 Å². The summed E-state index contributed by atoms with van der Waals surface area (Å²) in [6, 6.07) is 11.6. The summed E-state index contributed by atoms with van der Waals surface area (Å²) in [7, 11) is 0. The van der Waals surface area contributed by atoms with Gasteiger partial charge in [0, 0.05) is 63.3 Å². The zero-order chi connectivity index (χ0) is 21.6. The fourth-order valence-electron chi connectivity index (χ4n) is 4.11. The van der Waals surface area contributed by atoms with Gasteiger partial charge in [0.15, 0.2) is 0 Å². The van der Waals surface area contributed by atoms with Crippen molar-refractivity contribution in [3.05, 3.63) is 60.2 Å². The van der Waals surface area contributed by atoms with Gasteiger partial charge in [-0.05, 0) is 48.6 Å². The van der Waals surface area contributed by atoms with E-state index in [0.717, 1.165) is 63.0 Å². The normalized spacial score (nSPS) is 14.4. The largest absolute Gasteiger partial charge is 0.508 e. The third kappa shape index (κ3) is 5.34. The number of piperazine rings is 1. The second-order valence-electron chi connectivity index (χ2n) is 8.63. The fraction of sp³-hybridized carbons (Fsp3) is 0.458. The quantitative estimate of drug-likeness (QED) is 0.599. The monoisotopic (exact) mass is 420 g/mol. The number of nitrogens with zero attached hydrogens (tertiary/aromatic N) is 6. The lowest BCUT2D eigenvalue weighted by molar-refractivity contribution is 0.475. The highest BCUT2D eigenvalue weighted by atomic mass is 16.3. The van der Waals surface area contributed by atoms with Gasteiger partial charge < -0.3 is 14.9 Å². The van der Waals surface area contributed by atoms with E-state index in [2.05, 4.69) is 49.5 Å². The van der Waals surface area contributed by atoms with E-state index in [0.29, 0.717) is 11.7 Å². The minimum atomic E-state index is 0.311. The van der Waals surface area contributed by atoms with Crippen molar-refractivity contribution in [2.24, 2.45) is 5.92 Å². The Kier molecular flexibility index (Phi) is 6.70. The molecule has 0 radical (unpaired) electrons. The number of hydrogen-bond acceptors (Lipinski definition) is 6. The number of phenols is 1. The van der Waals surface area contributed by atoms with Crippen LogP contribution in [0, 0.1) is 5.92 Å². The molecule has 0 aliphatic carbocycles. The molecule has 0 spiro atoms. The van der Waals surface area contributed by atoms with Crippen molar-refractivity contribution in [1.29, 1.82) is 0 Å². The summed E-state index contributed by atoms with van der Waals surface area (Å²) in [4.78, 5) is 8.78. The highest BCUT2D eigenvalue weighted by Crippen LogP contribution is 2.24. The first-order valence-electron chi connectivity index (χ1n) is 11.2. The van der Waals surface area contributed by atoms with E-state index in [1.807, 2.05) is 36.7 Å². The van der Waals surface area contributed by atoms with Crippen LogP contribution < -0.4 is 9.80 Å². The molecular weight excluding hydrogens is 388 g/mol. The molecule has 7 heteroatoms. The highest BCUT2D eigenvalue weighted by Gasteiger charge is 2.23. The lowest BCUT2D eigenvalue weighted by atomic mass is 10.1. The number of phenolic OH excluding ortho intramolecular Hbond substituents is 1. The molecule has 1 saturated heterocycles. The summed E-state index contributed by atoms with van der Waals surface area (Å²) in [5, 5.41) is 19.0. The molecule has 3 heterocycles. The number of aromatic hydroxyl groups is 1. The molecule has 0 amide bonds. The van der Waals surface area contributed by atoms with Crippen LogP contribution in [0.15, 0.2) is 48.8 Å². The molecular formula is C24H32N6O. The molecule has 7 nitrogen and oxygen atoms in total. The Labute approximate surface area is 184 Å². The smallest absolute Gasteiger partial charge is 0.227 e. The third-order valence-electron chi connectivity index (χ3n) is 5.84. The number of pyridine rings is 1. The summed E-state index contributed by atoms with van der Waals surface area (Å²) in [6.45, 7) is 9.02. The summed E-state index contributed by atoms with van der Waals surface area (Å²) in [5.74, 6) is 2.99. The van der Waals surface area contributed by atoms with E-state index in [-0.39, 0.29) is 0 Å². The second-order valence-corrected chi connectivity index (χ2v) is 8.63. The van der Waals surface area contributed by atoms with Crippen molar-refractivity contribution in [3.8, 4) is 5.75 Å². The molecule has 0 saturated carbocycles. The van der Waals surface area contributed by atoms with Gasteiger partial charge in [-0.1, -0.05) is 19.9 Å². The second kappa shape index (κ2) is 9.81. The topological polar surface area (TPSA) is 70.3 Å². The predicted octanol–water partition coefficient (Wildman–Crippen LogP) is 3.73. The number of benzene rings is 1. The molecule has 164 valence electrons. The van der Waals surface area contributed by atoms with Crippen LogP contribution in [0.2, 0.25) is 0 Å². The van der Waals surface area contributed by atoms with Crippen LogP contribution in [0.1, 0.15) is 38.1 Å². The Morgan fingerprint density at radius 2 is 1.71 bits per heavy atom. The zero-order valence-corrected chi connectivity index (χ0v) is 18.5. The van der Waals surface area contributed by atoms with Crippen molar-refractivity contribution in [2.75, 3.05) is 36.0 Å². The molecule has 1 N–H and O–H groups in total. The molecule has 31 heavy (non-hydrogen) atoms. The van der Waals surface area contributed by atoms with Crippen molar-refractivity contribution in [2.45, 2.75) is 39.7 Å². The Balaban J connectivity index is 1.49. The van der Waals surface area contributed by atoms with Gasteiger partial charge in [0.1, 0.15) is 11.6 Å². The summed E-state index contributed by atoms with van der Waals surface area (Å²) >= 11 is 0.